The van der Waals surface area contributed by atoms with Crippen molar-refractivity contribution < 1.29 is 54.2 Å². The smallest absolute Gasteiger partial charge is 0.420 e. The number of anilines is 2. The van der Waals surface area contributed by atoms with Crippen LogP contribution in [0.25, 0.3) is 11.3 Å². The van der Waals surface area contributed by atoms with E-state index in [1.54, 1.807) is 0 Å². The third-order valence-corrected chi connectivity index (χ3v) is 9.30. The normalized spacial score (nSPS) is 15.3. The van der Waals surface area contributed by atoms with E-state index < -0.39 is 74.2 Å². The summed E-state index contributed by atoms with van der Waals surface area (Å²) in [6.07, 6.45) is -8.54. The fourth-order valence-corrected chi connectivity index (χ4v) is 6.03. The van der Waals surface area contributed by atoms with Crippen molar-refractivity contribution in [1.29, 1.82) is 5.26 Å². The number of amides is 2. The van der Waals surface area contributed by atoms with E-state index in [9.17, 15) is 35.9 Å². The molecule has 18 heteroatoms. The molecule has 1 aliphatic heterocycles. The second kappa shape index (κ2) is 16.1. The van der Waals surface area contributed by atoms with Gasteiger partial charge in [0.15, 0.2) is 16.7 Å². The van der Waals surface area contributed by atoms with Crippen LogP contribution in [0.15, 0.2) is 42.6 Å². The SMILES string of the molecule is CC(NC(=O)COCCCCOc1ccc(-c2ncc(N3C(=S)N(c4ccc(C#N)c(C(F)(F)F)c4F)C(=O)C3(C)C)cc2F)c(C(F)(F)F)c1)C(C)(C)C. The Kier molecular flexibility index (Phi) is 12.5. The molecule has 0 saturated carbocycles. The van der Waals surface area contributed by atoms with E-state index in [2.05, 4.69) is 10.3 Å². The second-order valence-corrected chi connectivity index (χ2v) is 14.6. The Balaban J connectivity index is 1.50. The number of hydrogen-bond donors (Lipinski definition) is 1. The highest BCUT2D eigenvalue weighted by Crippen LogP contribution is 2.43. The molecule has 0 bridgehead atoms. The molecule has 0 radical (unpaired) electrons. The van der Waals surface area contributed by atoms with Crippen LogP contribution >= 0.6 is 12.2 Å². The lowest BCUT2D eigenvalue weighted by Crippen LogP contribution is -2.44. The number of aromatic nitrogens is 1. The molecule has 1 atom stereocenters. The van der Waals surface area contributed by atoms with E-state index in [1.165, 1.54) is 26.0 Å². The molecule has 1 aliphatic rings. The number of rotatable bonds is 12. The number of benzene rings is 2. The highest BCUT2D eigenvalue weighted by atomic mass is 32.1. The van der Waals surface area contributed by atoms with Crippen LogP contribution in [0.5, 0.6) is 5.75 Å². The number of nitrogens with zero attached hydrogens (tertiary/aromatic N) is 4. The Morgan fingerprint density at radius 2 is 1.67 bits per heavy atom. The van der Waals surface area contributed by atoms with Crippen molar-refractivity contribution in [2.24, 2.45) is 5.41 Å². The van der Waals surface area contributed by atoms with Gasteiger partial charge in [-0.05, 0) is 81.6 Å². The van der Waals surface area contributed by atoms with Crippen LogP contribution in [0.1, 0.15) is 71.1 Å². The van der Waals surface area contributed by atoms with Gasteiger partial charge in [0.1, 0.15) is 29.2 Å². The van der Waals surface area contributed by atoms with Crippen molar-refractivity contribution in [1.82, 2.24) is 10.3 Å². The predicted octanol–water partition coefficient (Wildman–Crippen LogP) is 8.58. The lowest BCUT2D eigenvalue weighted by atomic mass is 9.88. The molecule has 1 N–H and O–H groups in total. The van der Waals surface area contributed by atoms with E-state index in [1.807, 2.05) is 27.7 Å². The molecule has 0 spiro atoms. The number of nitriles is 1. The number of unbranched alkanes of at least 4 members (excludes halogenated alkanes) is 1. The fraction of sp³-hybridized carbons (Fsp3) is 0.432. The number of thiocarbonyl (C=S) groups is 1. The van der Waals surface area contributed by atoms with Crippen LogP contribution in [0.3, 0.4) is 0 Å². The zero-order valence-corrected chi connectivity index (χ0v) is 31.3. The molecule has 2 heterocycles. The number of ether oxygens (including phenoxy) is 2. The molecule has 1 saturated heterocycles. The molecular weight excluding hydrogens is 762 g/mol. The Morgan fingerprint density at radius 1 is 1.02 bits per heavy atom. The first-order valence-electron chi connectivity index (χ1n) is 16.8. The van der Waals surface area contributed by atoms with Crippen LogP contribution in [0.2, 0.25) is 0 Å². The minimum atomic E-state index is -5.31. The van der Waals surface area contributed by atoms with Crippen molar-refractivity contribution in [2.45, 2.75) is 78.3 Å². The largest absolute Gasteiger partial charge is 0.494 e. The van der Waals surface area contributed by atoms with Crippen molar-refractivity contribution in [3.05, 3.63) is 70.9 Å². The maximum absolute atomic E-state index is 15.7. The fourth-order valence-electron chi connectivity index (χ4n) is 5.51. The first kappa shape index (κ1) is 42.8. The summed E-state index contributed by atoms with van der Waals surface area (Å²) in [6.45, 7) is 10.5. The van der Waals surface area contributed by atoms with Crippen molar-refractivity contribution in [2.75, 3.05) is 29.6 Å². The van der Waals surface area contributed by atoms with Gasteiger partial charge < -0.3 is 19.7 Å². The van der Waals surface area contributed by atoms with Gasteiger partial charge in [0.25, 0.3) is 5.91 Å². The number of halogens is 8. The quantitative estimate of drug-likeness (QED) is 0.110. The van der Waals surface area contributed by atoms with E-state index in [4.69, 9.17) is 27.0 Å². The molecular formula is C37H37F8N5O4S. The second-order valence-electron chi connectivity index (χ2n) is 14.2. The molecule has 1 fully saturated rings. The number of carbonyl (C=O) groups excluding carboxylic acids is 2. The van der Waals surface area contributed by atoms with Gasteiger partial charge in [-0.25, -0.2) is 8.78 Å². The topological polar surface area (TPSA) is 108 Å². The van der Waals surface area contributed by atoms with Gasteiger partial charge in [-0.3, -0.25) is 19.5 Å². The van der Waals surface area contributed by atoms with Gasteiger partial charge in [-0.15, -0.1) is 0 Å². The Morgan fingerprint density at radius 3 is 2.25 bits per heavy atom. The summed E-state index contributed by atoms with van der Waals surface area (Å²) in [4.78, 5) is 30.9. The molecule has 3 aromatic rings. The van der Waals surface area contributed by atoms with Gasteiger partial charge in [-0.1, -0.05) is 20.8 Å². The Hall–Kier alpha value is -4.89. The van der Waals surface area contributed by atoms with E-state index in [-0.39, 0.29) is 48.6 Å². The molecule has 4 rings (SSSR count). The monoisotopic (exact) mass is 799 g/mol. The summed E-state index contributed by atoms with van der Waals surface area (Å²) in [7, 11) is 0. The number of nitrogens with one attached hydrogen (secondary N) is 1. The number of pyridine rings is 1. The zero-order valence-electron chi connectivity index (χ0n) is 30.5. The average molecular weight is 800 g/mol. The molecule has 296 valence electrons. The number of alkyl halides is 6. The lowest BCUT2D eigenvalue weighted by Gasteiger charge is -2.29. The average Bonchev–Trinajstić information content (AvgIpc) is 3.24. The summed E-state index contributed by atoms with van der Waals surface area (Å²) < 4.78 is 126. The molecule has 1 unspecified atom stereocenters. The highest BCUT2D eigenvalue weighted by Gasteiger charge is 2.52. The van der Waals surface area contributed by atoms with Crippen LogP contribution < -0.4 is 19.9 Å². The maximum Gasteiger partial charge on any atom is 0.420 e. The first-order chi connectivity index (χ1) is 25.4. The third-order valence-electron chi connectivity index (χ3n) is 8.93. The van der Waals surface area contributed by atoms with Gasteiger partial charge in [0.2, 0.25) is 5.91 Å². The predicted molar refractivity (Wildman–Crippen MR) is 190 cm³/mol. The molecule has 2 amide bonds. The number of carbonyl (C=O) groups is 2. The summed E-state index contributed by atoms with van der Waals surface area (Å²) in [5.41, 5.74) is -8.66. The van der Waals surface area contributed by atoms with Gasteiger partial charge in [0, 0.05) is 24.3 Å². The van der Waals surface area contributed by atoms with Crippen LogP contribution in [0.4, 0.5) is 46.5 Å². The van der Waals surface area contributed by atoms with Crippen LogP contribution in [-0.4, -0.2) is 53.3 Å². The molecule has 9 nitrogen and oxygen atoms in total. The van der Waals surface area contributed by atoms with Crippen molar-refractivity contribution in [3.63, 3.8) is 0 Å². The lowest BCUT2D eigenvalue weighted by molar-refractivity contribution is -0.140. The maximum atomic E-state index is 15.7. The van der Waals surface area contributed by atoms with Crippen molar-refractivity contribution in [3.8, 4) is 23.1 Å². The van der Waals surface area contributed by atoms with Crippen molar-refractivity contribution >= 4 is 40.5 Å². The van der Waals surface area contributed by atoms with Crippen LogP contribution in [0, 0.1) is 28.4 Å². The van der Waals surface area contributed by atoms with Crippen LogP contribution in [-0.2, 0) is 26.7 Å². The summed E-state index contributed by atoms with van der Waals surface area (Å²) in [6, 6.07) is 6.24. The molecule has 0 aliphatic carbocycles. The minimum absolute atomic E-state index is 0.0136. The molecule has 2 aromatic carbocycles. The Bertz CT molecular complexity index is 2010. The summed E-state index contributed by atoms with van der Waals surface area (Å²) in [5, 5.41) is 11.4. The summed E-state index contributed by atoms with van der Waals surface area (Å²) >= 11 is 5.34. The minimum Gasteiger partial charge on any atom is -0.494 e. The van der Waals surface area contributed by atoms with Gasteiger partial charge in [0.05, 0.1) is 41.4 Å². The summed E-state index contributed by atoms with van der Waals surface area (Å²) in [5.74, 6) is -4.66. The molecule has 1 aromatic heterocycles. The Labute approximate surface area is 317 Å². The standard InChI is InChI=1S/C37H37F8N5O4S/c1-20(34(2,3)4)48-28(51)19-53-13-7-8-14-54-23-10-11-24(25(16-23)36(40,41)42)31-26(38)15-22(18-47-31)50-33(55)49(32(52)35(50,5)6)27-12-9-21(17-46)29(30(27)39)37(43,44)45/h9-12,15-16,18,20H,7-8,13-14,19H2,1-6H3,(H,48,51). The highest BCUT2D eigenvalue weighted by molar-refractivity contribution is 7.81. The molecule has 55 heavy (non-hydrogen) atoms. The number of hydrogen-bond acceptors (Lipinski definition) is 7. The van der Waals surface area contributed by atoms with E-state index in [0.717, 1.165) is 29.3 Å². The third kappa shape index (κ3) is 9.33. The van der Waals surface area contributed by atoms with E-state index >= 15 is 8.78 Å². The zero-order chi connectivity index (χ0) is 41.3. The van der Waals surface area contributed by atoms with Gasteiger partial charge in [-0.2, -0.15) is 31.6 Å². The van der Waals surface area contributed by atoms with E-state index in [0.29, 0.717) is 29.9 Å². The van der Waals surface area contributed by atoms with Gasteiger partial charge >= 0.3 is 12.4 Å². The first-order valence-corrected chi connectivity index (χ1v) is 17.2.